The lowest BCUT2D eigenvalue weighted by Crippen LogP contribution is -2.34. The zero-order valence-electron chi connectivity index (χ0n) is 26.7. The number of carboxylic acid groups (broad SMARTS) is 2. The summed E-state index contributed by atoms with van der Waals surface area (Å²) in [6.45, 7) is 2.11. The smallest absolute Gasteiger partial charge is 0.173 e. The first-order valence-electron chi connectivity index (χ1n) is 14.7. The second kappa shape index (κ2) is 20.8. The molecule has 0 saturated carbocycles. The average molecular weight is 647 g/mol. The summed E-state index contributed by atoms with van der Waals surface area (Å²) in [5, 5.41) is 30.0. The number of aliphatic carboxylic acids is 1. The van der Waals surface area contributed by atoms with Gasteiger partial charge in [0, 0.05) is 73.1 Å². The van der Waals surface area contributed by atoms with Crippen molar-refractivity contribution in [3.05, 3.63) is 156 Å². The van der Waals surface area contributed by atoms with Crippen LogP contribution >= 0.6 is 0 Å². The standard InChI is InChI=1S/C34H34N6.C2H4O2.CH2O2.CH4/c1-37(33-9-5-3-6-10-33)35-25-29-17-21-39(22-18-29)27-31-13-15-32(16-14-31)28-40-23-19-30(20-24-40)26-36-38(2)34-11-7-4-8-12-34;1-2(3)4;2-1-3;/h3-26H,27-28H2,1-2H3;1H3,(H,3,4);1H,(H,2,3);1H4/q+2;;;/p-2. The monoisotopic (exact) mass is 646 g/mol. The number of para-hydroxylation sites is 2. The summed E-state index contributed by atoms with van der Waals surface area (Å²) < 4.78 is 4.36. The highest BCUT2D eigenvalue weighted by Gasteiger charge is 2.07. The fraction of sp³-hybridized carbons (Fsp3) is 0.158. The van der Waals surface area contributed by atoms with E-state index in [4.69, 9.17) is 19.8 Å². The Bertz CT molecular complexity index is 1570. The normalized spacial score (nSPS) is 10.1. The van der Waals surface area contributed by atoms with Crippen molar-refractivity contribution < 1.29 is 28.9 Å². The molecule has 10 heteroatoms. The molecule has 10 nitrogen and oxygen atoms in total. The molecule has 0 N–H and O–H groups in total. The third-order valence-electron chi connectivity index (χ3n) is 6.61. The minimum Gasteiger partial charge on any atom is -0.554 e. The van der Waals surface area contributed by atoms with Crippen molar-refractivity contribution in [3.8, 4) is 0 Å². The van der Waals surface area contributed by atoms with Crippen molar-refractivity contribution in [1.82, 2.24) is 0 Å². The fourth-order valence-corrected chi connectivity index (χ4v) is 4.22. The number of anilines is 2. The van der Waals surface area contributed by atoms with Crippen molar-refractivity contribution >= 4 is 36.2 Å². The van der Waals surface area contributed by atoms with E-state index in [-0.39, 0.29) is 7.43 Å². The van der Waals surface area contributed by atoms with E-state index in [2.05, 4.69) is 92.7 Å². The molecule has 2 heterocycles. The van der Waals surface area contributed by atoms with Gasteiger partial charge in [-0.15, -0.1) is 0 Å². The van der Waals surface area contributed by atoms with Gasteiger partial charge >= 0.3 is 0 Å². The average Bonchev–Trinajstić information content (AvgIpc) is 3.09. The van der Waals surface area contributed by atoms with E-state index >= 15 is 0 Å². The van der Waals surface area contributed by atoms with Gasteiger partial charge in [0.2, 0.25) is 0 Å². The van der Waals surface area contributed by atoms with Gasteiger partial charge in [0.1, 0.15) is 0 Å². The minimum atomic E-state index is -1.08. The second-order valence-corrected chi connectivity index (χ2v) is 10.2. The maximum absolute atomic E-state index is 8.89. The third kappa shape index (κ3) is 13.9. The first-order chi connectivity index (χ1) is 22.8. The molecule has 0 atom stereocenters. The molecule has 0 aliphatic carbocycles. The number of rotatable bonds is 10. The zero-order chi connectivity index (χ0) is 33.9. The van der Waals surface area contributed by atoms with Crippen LogP contribution in [0.15, 0.2) is 144 Å². The predicted molar refractivity (Wildman–Crippen MR) is 186 cm³/mol. The molecular weight excluding hydrogens is 604 g/mol. The summed E-state index contributed by atoms with van der Waals surface area (Å²) in [5.41, 5.74) is 6.76. The first-order valence-corrected chi connectivity index (χ1v) is 14.7. The van der Waals surface area contributed by atoms with Crippen LogP contribution in [0.5, 0.6) is 0 Å². The van der Waals surface area contributed by atoms with Gasteiger partial charge in [-0.1, -0.05) is 68.1 Å². The van der Waals surface area contributed by atoms with Crippen molar-refractivity contribution in [2.45, 2.75) is 27.4 Å². The Hall–Kier alpha value is -6.16. The quantitative estimate of drug-likeness (QED) is 0.0997. The summed E-state index contributed by atoms with van der Waals surface area (Å²) in [5.74, 6) is -1.08. The molecule has 0 aliphatic rings. The van der Waals surface area contributed by atoms with Gasteiger partial charge in [-0.25, -0.2) is 9.13 Å². The number of carbonyl (C=O) groups excluding carboxylic acids is 2. The van der Waals surface area contributed by atoms with E-state index in [1.54, 1.807) is 0 Å². The highest BCUT2D eigenvalue weighted by atomic mass is 16.4. The Morgan fingerprint density at radius 1 is 0.646 bits per heavy atom. The van der Waals surface area contributed by atoms with Crippen LogP contribution in [0.25, 0.3) is 0 Å². The number of hydrogen-bond acceptors (Lipinski definition) is 8. The molecule has 0 fully saturated rings. The number of nitrogens with zero attached hydrogens (tertiary/aromatic N) is 6. The van der Waals surface area contributed by atoms with Gasteiger partial charge in [0.25, 0.3) is 0 Å². The van der Waals surface area contributed by atoms with Crippen LogP contribution in [0, 0.1) is 0 Å². The van der Waals surface area contributed by atoms with E-state index in [1.807, 2.05) is 97.2 Å². The van der Waals surface area contributed by atoms with Gasteiger partial charge in [-0.3, -0.25) is 10.0 Å². The molecule has 0 saturated heterocycles. The van der Waals surface area contributed by atoms with E-state index in [0.29, 0.717) is 0 Å². The van der Waals surface area contributed by atoms with Crippen LogP contribution in [0.1, 0.15) is 36.6 Å². The molecule has 3 aromatic carbocycles. The summed E-state index contributed by atoms with van der Waals surface area (Å²) >= 11 is 0. The van der Waals surface area contributed by atoms with Gasteiger partial charge < -0.3 is 19.8 Å². The summed E-state index contributed by atoms with van der Waals surface area (Å²) in [6, 6.07) is 37.4. The molecule has 0 spiro atoms. The van der Waals surface area contributed by atoms with Crippen LogP contribution in [0.4, 0.5) is 11.4 Å². The SMILES string of the molecule is C.CC(=O)[O-].CN(/N=C/c1cc[n+](Cc2ccc(C[n+]3ccc(/C=N/N(C)c4ccccc4)cc3)cc2)cc1)c1ccccc1.O=C[O-]. The van der Waals surface area contributed by atoms with E-state index < -0.39 is 12.4 Å². The van der Waals surface area contributed by atoms with Crippen molar-refractivity contribution in [2.24, 2.45) is 10.2 Å². The summed E-state index contributed by atoms with van der Waals surface area (Å²) in [7, 11) is 3.91. The highest BCUT2D eigenvalue weighted by molar-refractivity contribution is 5.80. The number of pyridine rings is 2. The number of hydrazone groups is 2. The maximum atomic E-state index is 8.89. The van der Waals surface area contributed by atoms with Crippen LogP contribution in [-0.2, 0) is 22.7 Å². The first kappa shape index (κ1) is 38.0. The third-order valence-corrected chi connectivity index (χ3v) is 6.61. The molecular formula is C38H42N6O4. The maximum Gasteiger partial charge on any atom is 0.173 e. The molecule has 0 amide bonds. The topological polar surface area (TPSA) is 119 Å². The van der Waals surface area contributed by atoms with Gasteiger partial charge in [0.05, 0.1) is 23.8 Å². The van der Waals surface area contributed by atoms with Gasteiger partial charge in [-0.2, -0.15) is 10.2 Å². The summed E-state index contributed by atoms with van der Waals surface area (Å²) in [6.07, 6.45) is 12.1. The second-order valence-electron chi connectivity index (χ2n) is 10.2. The Morgan fingerprint density at radius 2 is 0.938 bits per heavy atom. The van der Waals surface area contributed by atoms with E-state index in [1.165, 1.54) is 11.1 Å². The molecule has 5 aromatic rings. The zero-order valence-corrected chi connectivity index (χ0v) is 26.7. The number of carboxylic acids is 1. The largest absolute Gasteiger partial charge is 0.554 e. The lowest BCUT2D eigenvalue weighted by Gasteiger charge is -2.11. The Morgan fingerprint density at radius 3 is 1.23 bits per heavy atom. The Labute approximate surface area is 282 Å². The predicted octanol–water partition coefficient (Wildman–Crippen LogP) is 3.06. The molecule has 0 bridgehead atoms. The Balaban J connectivity index is 0.000000917. The number of carbonyl (C=O) groups is 2. The molecule has 2 aromatic heterocycles. The lowest BCUT2D eigenvalue weighted by molar-refractivity contribution is -0.689. The van der Waals surface area contributed by atoms with Crippen LogP contribution in [-0.4, -0.2) is 39.0 Å². The number of hydrogen-bond donors (Lipinski definition) is 0. The van der Waals surface area contributed by atoms with Gasteiger partial charge in [-0.05, 0) is 31.2 Å². The van der Waals surface area contributed by atoms with E-state index in [0.717, 1.165) is 42.5 Å². The molecule has 48 heavy (non-hydrogen) atoms. The fourth-order valence-electron chi connectivity index (χ4n) is 4.22. The summed E-state index contributed by atoms with van der Waals surface area (Å²) in [4.78, 5) is 17.1. The Kier molecular flexibility index (Phi) is 16.5. The molecule has 0 radical (unpaired) electrons. The number of aromatic nitrogens is 2. The van der Waals surface area contributed by atoms with Crippen LogP contribution in [0.3, 0.4) is 0 Å². The van der Waals surface area contributed by atoms with Crippen molar-refractivity contribution in [1.29, 1.82) is 0 Å². The molecule has 5 rings (SSSR count). The van der Waals surface area contributed by atoms with E-state index in [9.17, 15) is 0 Å². The van der Waals surface area contributed by atoms with Crippen LogP contribution < -0.4 is 29.4 Å². The highest BCUT2D eigenvalue weighted by Crippen LogP contribution is 2.12. The minimum absolute atomic E-state index is 0. The molecule has 248 valence electrons. The molecule has 0 unspecified atom stereocenters. The molecule has 0 aliphatic heterocycles. The van der Waals surface area contributed by atoms with Crippen LogP contribution in [0.2, 0.25) is 0 Å². The lowest BCUT2D eigenvalue weighted by atomic mass is 10.1. The number of benzene rings is 3. The van der Waals surface area contributed by atoms with Crippen molar-refractivity contribution in [2.75, 3.05) is 24.1 Å². The van der Waals surface area contributed by atoms with Crippen molar-refractivity contribution in [3.63, 3.8) is 0 Å². The van der Waals surface area contributed by atoms with Gasteiger partial charge in [0.15, 0.2) is 37.9 Å².